The second kappa shape index (κ2) is 9.19. The molecule has 26 heavy (non-hydrogen) atoms. The van der Waals surface area contributed by atoms with Gasteiger partial charge in [0.1, 0.15) is 11.5 Å². The molecular formula is C18H24FN3O4. The van der Waals surface area contributed by atoms with Crippen LogP contribution in [0.3, 0.4) is 0 Å². The second-order valence-corrected chi connectivity index (χ2v) is 5.79. The van der Waals surface area contributed by atoms with Crippen LogP contribution in [-0.2, 0) is 19.1 Å². The predicted molar refractivity (Wildman–Crippen MR) is 96.5 cm³/mol. The van der Waals surface area contributed by atoms with Crippen LogP contribution in [0.15, 0.2) is 30.0 Å². The molecule has 1 aliphatic rings. The van der Waals surface area contributed by atoms with Crippen molar-refractivity contribution in [3.8, 4) is 0 Å². The molecule has 1 N–H and O–H groups in total. The van der Waals surface area contributed by atoms with Gasteiger partial charge in [0.05, 0.1) is 26.0 Å². The van der Waals surface area contributed by atoms with Crippen LogP contribution in [0.2, 0.25) is 0 Å². The van der Waals surface area contributed by atoms with Crippen molar-refractivity contribution in [3.63, 3.8) is 0 Å². The monoisotopic (exact) mass is 365 g/mol. The molecule has 0 bridgehead atoms. The third-order valence-corrected chi connectivity index (χ3v) is 4.26. The highest BCUT2D eigenvalue weighted by atomic mass is 19.1. The molecule has 7 nitrogen and oxygen atoms in total. The predicted octanol–water partition coefficient (Wildman–Crippen LogP) is 1.61. The Morgan fingerprint density at radius 2 is 1.88 bits per heavy atom. The zero-order chi connectivity index (χ0) is 19.1. The van der Waals surface area contributed by atoms with Crippen molar-refractivity contribution in [2.75, 3.05) is 57.2 Å². The lowest BCUT2D eigenvalue weighted by atomic mass is 10.2. The summed E-state index contributed by atoms with van der Waals surface area (Å²) in [5.41, 5.74) is 0.713. The molecule has 0 radical (unpaired) electrons. The summed E-state index contributed by atoms with van der Waals surface area (Å²) in [5, 5.41) is 2.70. The maximum atomic E-state index is 14.6. The Bertz CT molecular complexity index is 685. The first-order valence-electron chi connectivity index (χ1n) is 8.40. The van der Waals surface area contributed by atoms with E-state index in [1.165, 1.54) is 20.3 Å². The first-order chi connectivity index (χ1) is 12.5. The van der Waals surface area contributed by atoms with Crippen molar-refractivity contribution in [3.05, 3.63) is 35.8 Å². The minimum absolute atomic E-state index is 0.136. The molecule has 0 aliphatic carbocycles. The first kappa shape index (κ1) is 19.7. The van der Waals surface area contributed by atoms with Gasteiger partial charge in [0, 0.05) is 31.9 Å². The molecule has 0 unspecified atom stereocenters. The Hall–Kier alpha value is -2.61. The average molecular weight is 365 g/mol. The van der Waals surface area contributed by atoms with E-state index >= 15 is 0 Å². The Balaban J connectivity index is 2.14. The SMILES string of the molecule is CCN1CCN(c2ccc(N/C(=C/C(=O)OC)C(=O)OC)cc2F)CC1. The fourth-order valence-electron chi connectivity index (χ4n) is 2.73. The molecule has 0 aromatic heterocycles. The van der Waals surface area contributed by atoms with Gasteiger partial charge in [-0.15, -0.1) is 0 Å². The van der Waals surface area contributed by atoms with Crippen molar-refractivity contribution in [2.24, 2.45) is 0 Å². The summed E-state index contributed by atoms with van der Waals surface area (Å²) in [7, 11) is 2.38. The van der Waals surface area contributed by atoms with Crippen molar-refractivity contribution in [1.82, 2.24) is 4.90 Å². The van der Waals surface area contributed by atoms with Gasteiger partial charge in [-0.2, -0.15) is 0 Å². The number of ether oxygens (including phenoxy) is 2. The second-order valence-electron chi connectivity index (χ2n) is 5.79. The van der Waals surface area contributed by atoms with Gasteiger partial charge in [0.15, 0.2) is 0 Å². The molecule has 1 heterocycles. The van der Waals surface area contributed by atoms with Crippen molar-refractivity contribution in [2.45, 2.75) is 6.92 Å². The normalized spacial score (nSPS) is 15.5. The number of piperazine rings is 1. The number of nitrogens with one attached hydrogen (secondary N) is 1. The molecule has 0 spiro atoms. The van der Waals surface area contributed by atoms with Gasteiger partial charge in [0.2, 0.25) is 0 Å². The molecule has 0 amide bonds. The molecule has 0 saturated carbocycles. The van der Waals surface area contributed by atoms with E-state index in [4.69, 9.17) is 0 Å². The summed E-state index contributed by atoms with van der Waals surface area (Å²) < 4.78 is 23.7. The van der Waals surface area contributed by atoms with Gasteiger partial charge in [-0.3, -0.25) is 0 Å². The van der Waals surface area contributed by atoms with E-state index in [1.807, 2.05) is 4.90 Å². The van der Waals surface area contributed by atoms with Crippen LogP contribution in [-0.4, -0.2) is 63.8 Å². The van der Waals surface area contributed by atoms with Gasteiger partial charge in [-0.05, 0) is 24.7 Å². The van der Waals surface area contributed by atoms with Gasteiger partial charge < -0.3 is 24.6 Å². The van der Waals surface area contributed by atoms with E-state index in [-0.39, 0.29) is 5.70 Å². The standard InChI is InChI=1S/C18H24FN3O4/c1-4-21-7-9-22(10-8-21)16-6-5-13(11-14(16)19)20-15(18(24)26-3)12-17(23)25-2/h5-6,11-12,20H,4,7-10H2,1-3H3/b15-12+. The number of methoxy groups -OCH3 is 2. The quantitative estimate of drug-likeness (QED) is 0.607. The van der Waals surface area contributed by atoms with E-state index in [1.54, 1.807) is 12.1 Å². The summed E-state index contributed by atoms with van der Waals surface area (Å²) in [5.74, 6) is -1.87. The lowest BCUT2D eigenvalue weighted by Crippen LogP contribution is -2.46. The third-order valence-electron chi connectivity index (χ3n) is 4.26. The van der Waals surface area contributed by atoms with Gasteiger partial charge in [0.25, 0.3) is 0 Å². The number of rotatable bonds is 6. The summed E-state index contributed by atoms with van der Waals surface area (Å²) in [4.78, 5) is 27.4. The first-order valence-corrected chi connectivity index (χ1v) is 8.40. The summed E-state index contributed by atoms with van der Waals surface area (Å²) in [6, 6.07) is 4.60. The average Bonchev–Trinajstić information content (AvgIpc) is 2.67. The molecule has 1 aromatic carbocycles. The smallest absolute Gasteiger partial charge is 0.354 e. The summed E-state index contributed by atoms with van der Waals surface area (Å²) >= 11 is 0. The van der Waals surface area contributed by atoms with Crippen LogP contribution in [0.25, 0.3) is 0 Å². The molecule has 1 fully saturated rings. The molecule has 2 rings (SSSR count). The lowest BCUT2D eigenvalue weighted by molar-refractivity contribution is -0.138. The molecule has 1 aromatic rings. The molecule has 8 heteroatoms. The minimum Gasteiger partial charge on any atom is -0.466 e. The van der Waals surface area contributed by atoms with Crippen LogP contribution < -0.4 is 10.2 Å². The number of carbonyl (C=O) groups excluding carboxylic acids is 2. The van der Waals surface area contributed by atoms with Crippen molar-refractivity contribution in [1.29, 1.82) is 0 Å². The van der Waals surface area contributed by atoms with Crippen LogP contribution in [0, 0.1) is 5.82 Å². The van der Waals surface area contributed by atoms with Crippen LogP contribution in [0.4, 0.5) is 15.8 Å². The van der Waals surface area contributed by atoms with Crippen LogP contribution in [0.5, 0.6) is 0 Å². The van der Waals surface area contributed by atoms with E-state index in [0.29, 0.717) is 11.4 Å². The number of halogens is 1. The van der Waals surface area contributed by atoms with E-state index in [9.17, 15) is 14.0 Å². The summed E-state index contributed by atoms with van der Waals surface area (Å²) in [6.45, 7) is 6.40. The third kappa shape index (κ3) is 4.95. The van der Waals surface area contributed by atoms with Crippen LogP contribution >= 0.6 is 0 Å². The number of likely N-dealkylation sites (N-methyl/N-ethyl adjacent to an activating group) is 1. The number of hydrogen-bond donors (Lipinski definition) is 1. The number of anilines is 2. The van der Waals surface area contributed by atoms with Gasteiger partial charge in [-0.25, -0.2) is 14.0 Å². The number of nitrogens with zero attached hydrogens (tertiary/aromatic N) is 2. The topological polar surface area (TPSA) is 71.1 Å². The molecule has 1 aliphatic heterocycles. The molecule has 0 atom stereocenters. The maximum absolute atomic E-state index is 14.6. The number of esters is 2. The minimum atomic E-state index is -0.754. The fourth-order valence-corrected chi connectivity index (χ4v) is 2.73. The van der Waals surface area contributed by atoms with Gasteiger partial charge in [-0.1, -0.05) is 6.92 Å². The molecule has 142 valence electrons. The fraction of sp³-hybridized carbons (Fsp3) is 0.444. The van der Waals surface area contributed by atoms with Gasteiger partial charge >= 0.3 is 11.9 Å². The number of carbonyl (C=O) groups is 2. The Labute approximate surface area is 152 Å². The number of benzene rings is 1. The van der Waals surface area contributed by atoms with E-state index in [2.05, 4.69) is 26.6 Å². The molecule has 1 saturated heterocycles. The highest BCUT2D eigenvalue weighted by molar-refractivity contribution is 5.98. The van der Waals surface area contributed by atoms with E-state index in [0.717, 1.165) is 38.8 Å². The Morgan fingerprint density at radius 1 is 1.19 bits per heavy atom. The maximum Gasteiger partial charge on any atom is 0.354 e. The highest BCUT2D eigenvalue weighted by Gasteiger charge is 2.19. The summed E-state index contributed by atoms with van der Waals surface area (Å²) in [6.07, 6.45) is 0.960. The lowest BCUT2D eigenvalue weighted by Gasteiger charge is -2.35. The molecular weight excluding hydrogens is 341 g/mol. The number of hydrogen-bond acceptors (Lipinski definition) is 7. The zero-order valence-electron chi connectivity index (χ0n) is 15.3. The van der Waals surface area contributed by atoms with Crippen LogP contribution in [0.1, 0.15) is 6.92 Å². The Morgan fingerprint density at radius 3 is 2.42 bits per heavy atom. The highest BCUT2D eigenvalue weighted by Crippen LogP contribution is 2.25. The van der Waals surface area contributed by atoms with E-state index < -0.39 is 17.8 Å². The van der Waals surface area contributed by atoms with Crippen molar-refractivity contribution < 1.29 is 23.5 Å². The zero-order valence-corrected chi connectivity index (χ0v) is 15.3. The largest absolute Gasteiger partial charge is 0.466 e. The Kier molecular flexibility index (Phi) is 6.97. The van der Waals surface area contributed by atoms with Crippen molar-refractivity contribution >= 4 is 23.3 Å².